The van der Waals surface area contributed by atoms with E-state index in [1.54, 1.807) is 18.7 Å². The largest absolute Gasteiger partial charge is 0.393 e. The number of thioether (sulfide) groups is 1. The SMILES string of the molecule is CSCc1nc2ccccc2n1CC(=O)NCC(C)(C)CC(C)O. The zero-order valence-corrected chi connectivity index (χ0v) is 15.7. The maximum Gasteiger partial charge on any atom is 0.240 e. The van der Waals surface area contributed by atoms with Gasteiger partial charge >= 0.3 is 0 Å². The highest BCUT2D eigenvalue weighted by atomic mass is 32.2. The van der Waals surface area contributed by atoms with Crippen molar-refractivity contribution >= 4 is 28.7 Å². The van der Waals surface area contributed by atoms with Gasteiger partial charge in [-0.2, -0.15) is 11.8 Å². The Balaban J connectivity index is 2.08. The van der Waals surface area contributed by atoms with Crippen molar-refractivity contribution < 1.29 is 9.90 Å². The molecule has 1 unspecified atom stereocenters. The summed E-state index contributed by atoms with van der Waals surface area (Å²) in [4.78, 5) is 17.0. The number of hydrogen-bond acceptors (Lipinski definition) is 4. The quantitative estimate of drug-likeness (QED) is 0.769. The molecule has 0 aliphatic rings. The molecule has 1 amide bonds. The van der Waals surface area contributed by atoms with Gasteiger partial charge in [0.25, 0.3) is 0 Å². The molecule has 24 heavy (non-hydrogen) atoms. The van der Waals surface area contributed by atoms with Gasteiger partial charge in [0.2, 0.25) is 5.91 Å². The van der Waals surface area contributed by atoms with Crippen LogP contribution in [0, 0.1) is 5.41 Å². The van der Waals surface area contributed by atoms with E-state index >= 15 is 0 Å². The van der Waals surface area contributed by atoms with Crippen LogP contribution in [0.2, 0.25) is 0 Å². The highest BCUT2D eigenvalue weighted by Gasteiger charge is 2.21. The summed E-state index contributed by atoms with van der Waals surface area (Å²) < 4.78 is 1.99. The molecule has 1 atom stereocenters. The van der Waals surface area contributed by atoms with Gasteiger partial charge in [0.15, 0.2) is 0 Å². The summed E-state index contributed by atoms with van der Waals surface area (Å²) in [7, 11) is 0. The predicted molar refractivity (Wildman–Crippen MR) is 100 cm³/mol. The van der Waals surface area contributed by atoms with Gasteiger partial charge in [-0.3, -0.25) is 4.79 Å². The van der Waals surface area contributed by atoms with E-state index in [1.165, 1.54) is 0 Å². The second-order valence-corrected chi connectivity index (χ2v) is 7.90. The summed E-state index contributed by atoms with van der Waals surface area (Å²) >= 11 is 1.69. The van der Waals surface area contributed by atoms with Crippen LogP contribution in [0.1, 0.15) is 33.0 Å². The molecule has 0 aliphatic heterocycles. The first-order chi connectivity index (χ1) is 11.3. The highest BCUT2D eigenvalue weighted by Crippen LogP contribution is 2.22. The van der Waals surface area contributed by atoms with Gasteiger partial charge in [-0.05, 0) is 37.1 Å². The molecule has 1 aromatic carbocycles. The Bertz CT molecular complexity index is 695. The van der Waals surface area contributed by atoms with Crippen LogP contribution in [0.4, 0.5) is 0 Å². The number of benzene rings is 1. The summed E-state index contributed by atoms with van der Waals surface area (Å²) in [5.41, 5.74) is 1.77. The Kier molecular flexibility index (Phi) is 6.29. The lowest BCUT2D eigenvalue weighted by Crippen LogP contribution is -2.37. The van der Waals surface area contributed by atoms with Crippen LogP contribution in [0.25, 0.3) is 11.0 Å². The van der Waals surface area contributed by atoms with E-state index in [4.69, 9.17) is 0 Å². The van der Waals surface area contributed by atoms with Gasteiger partial charge in [-0.25, -0.2) is 4.98 Å². The molecule has 2 rings (SSSR count). The topological polar surface area (TPSA) is 67.2 Å². The van der Waals surface area contributed by atoms with Crippen molar-refractivity contribution in [2.45, 2.75) is 45.6 Å². The summed E-state index contributed by atoms with van der Waals surface area (Å²) in [5.74, 6) is 1.66. The Morgan fingerprint density at radius 2 is 2.12 bits per heavy atom. The monoisotopic (exact) mass is 349 g/mol. The third kappa shape index (κ3) is 4.98. The molecule has 0 saturated carbocycles. The van der Waals surface area contributed by atoms with Crippen molar-refractivity contribution in [2.24, 2.45) is 5.41 Å². The fourth-order valence-electron chi connectivity index (χ4n) is 2.95. The summed E-state index contributed by atoms with van der Waals surface area (Å²) in [5, 5.41) is 12.5. The van der Waals surface area contributed by atoms with Crippen LogP contribution in [0.5, 0.6) is 0 Å². The van der Waals surface area contributed by atoms with E-state index in [-0.39, 0.29) is 24.0 Å². The number of para-hydroxylation sites is 2. The van der Waals surface area contributed by atoms with E-state index < -0.39 is 0 Å². The van der Waals surface area contributed by atoms with Gasteiger partial charge < -0.3 is 15.0 Å². The van der Waals surface area contributed by atoms with Crippen LogP contribution in [0.3, 0.4) is 0 Å². The smallest absolute Gasteiger partial charge is 0.240 e. The normalized spacial score (nSPS) is 13.2. The zero-order valence-electron chi connectivity index (χ0n) is 14.9. The fraction of sp³-hybridized carbons (Fsp3) is 0.556. The third-order valence-corrected chi connectivity index (χ3v) is 4.47. The van der Waals surface area contributed by atoms with Crippen molar-refractivity contribution in [2.75, 3.05) is 12.8 Å². The first-order valence-corrected chi connectivity index (χ1v) is 9.59. The van der Waals surface area contributed by atoms with Crippen molar-refractivity contribution in [3.8, 4) is 0 Å². The van der Waals surface area contributed by atoms with E-state index in [2.05, 4.69) is 10.3 Å². The van der Waals surface area contributed by atoms with Crippen LogP contribution in [0.15, 0.2) is 24.3 Å². The number of aliphatic hydroxyl groups excluding tert-OH is 1. The molecule has 6 heteroatoms. The zero-order chi connectivity index (χ0) is 17.7. The van der Waals surface area contributed by atoms with E-state index in [0.717, 1.165) is 22.6 Å². The van der Waals surface area contributed by atoms with E-state index in [0.29, 0.717) is 13.0 Å². The van der Waals surface area contributed by atoms with Gasteiger partial charge in [-0.1, -0.05) is 26.0 Å². The molecule has 2 aromatic rings. The maximum absolute atomic E-state index is 12.4. The Labute approximate surface area is 147 Å². The van der Waals surface area contributed by atoms with Gasteiger partial charge in [-0.15, -0.1) is 0 Å². The molecule has 1 aromatic heterocycles. The lowest BCUT2D eigenvalue weighted by molar-refractivity contribution is -0.122. The Morgan fingerprint density at radius 1 is 1.42 bits per heavy atom. The van der Waals surface area contributed by atoms with Crippen LogP contribution >= 0.6 is 11.8 Å². The number of nitrogens with zero attached hydrogens (tertiary/aromatic N) is 2. The third-order valence-electron chi connectivity index (χ3n) is 3.92. The van der Waals surface area contributed by atoms with Crippen LogP contribution < -0.4 is 5.32 Å². The number of hydrogen-bond donors (Lipinski definition) is 2. The number of imidazole rings is 1. The molecule has 5 nitrogen and oxygen atoms in total. The van der Waals surface area contributed by atoms with Crippen molar-refractivity contribution in [3.63, 3.8) is 0 Å². The van der Waals surface area contributed by atoms with Crippen LogP contribution in [-0.2, 0) is 17.1 Å². The van der Waals surface area contributed by atoms with Crippen LogP contribution in [-0.4, -0.2) is 39.5 Å². The van der Waals surface area contributed by atoms with Crippen molar-refractivity contribution in [3.05, 3.63) is 30.1 Å². The maximum atomic E-state index is 12.4. The van der Waals surface area contributed by atoms with E-state index in [1.807, 2.05) is 48.9 Å². The molecule has 1 heterocycles. The first-order valence-electron chi connectivity index (χ1n) is 8.20. The molecule has 2 N–H and O–H groups in total. The second kappa shape index (κ2) is 8.03. The van der Waals surface area contributed by atoms with Gasteiger partial charge in [0.05, 0.1) is 22.9 Å². The molecule has 0 saturated heterocycles. The lowest BCUT2D eigenvalue weighted by Gasteiger charge is -2.26. The van der Waals surface area contributed by atoms with Crippen molar-refractivity contribution in [1.29, 1.82) is 0 Å². The molecular weight excluding hydrogens is 322 g/mol. The average Bonchev–Trinajstić information content (AvgIpc) is 2.82. The molecular formula is C18H27N3O2S. The average molecular weight is 350 g/mol. The molecule has 0 fully saturated rings. The van der Waals surface area contributed by atoms with Crippen molar-refractivity contribution in [1.82, 2.24) is 14.9 Å². The number of nitrogens with one attached hydrogen (secondary N) is 1. The molecule has 0 radical (unpaired) electrons. The number of carbonyl (C=O) groups is 1. The summed E-state index contributed by atoms with van der Waals surface area (Å²) in [6, 6.07) is 7.89. The molecule has 0 bridgehead atoms. The number of fused-ring (bicyclic) bond motifs is 1. The lowest BCUT2D eigenvalue weighted by atomic mass is 9.87. The minimum atomic E-state index is -0.373. The highest BCUT2D eigenvalue weighted by molar-refractivity contribution is 7.97. The first kappa shape index (κ1) is 18.8. The summed E-state index contributed by atoms with van der Waals surface area (Å²) in [6.45, 7) is 6.68. The molecule has 0 spiro atoms. The van der Waals surface area contributed by atoms with Gasteiger partial charge in [0, 0.05) is 6.54 Å². The fourth-order valence-corrected chi connectivity index (χ4v) is 3.43. The second-order valence-electron chi connectivity index (χ2n) is 7.03. The molecule has 0 aliphatic carbocycles. The predicted octanol–water partition coefficient (Wildman–Crippen LogP) is 2.81. The minimum Gasteiger partial charge on any atom is -0.393 e. The molecule has 132 valence electrons. The Morgan fingerprint density at radius 3 is 2.79 bits per heavy atom. The number of aliphatic hydroxyl groups is 1. The Hall–Kier alpha value is -1.53. The number of aromatic nitrogens is 2. The standard InChI is InChI=1S/C18H27N3O2S/c1-13(22)9-18(2,3)12-19-17(23)10-21-15-8-6-5-7-14(15)20-16(21)11-24-4/h5-8,13,22H,9-12H2,1-4H3,(H,19,23). The van der Waals surface area contributed by atoms with E-state index in [9.17, 15) is 9.90 Å². The summed E-state index contributed by atoms with van der Waals surface area (Å²) in [6.07, 6.45) is 2.31. The minimum absolute atomic E-state index is 0.0285. The number of carbonyl (C=O) groups excluding carboxylic acids is 1. The number of amides is 1. The number of rotatable bonds is 8. The van der Waals surface area contributed by atoms with Gasteiger partial charge in [0.1, 0.15) is 12.4 Å².